The maximum atomic E-state index is 5.84. The molecule has 0 spiro atoms. The molecule has 3 nitrogen and oxygen atoms in total. The Balaban J connectivity index is 1.79. The Kier molecular flexibility index (Phi) is 5.84. The molecule has 20 heavy (non-hydrogen) atoms. The summed E-state index contributed by atoms with van der Waals surface area (Å²) in [5.74, 6) is 0.876. The number of benzene rings is 1. The monoisotopic (exact) mass is 273 g/mol. The summed E-state index contributed by atoms with van der Waals surface area (Å²) in [6.07, 6.45) is 3.01. The van der Waals surface area contributed by atoms with Gasteiger partial charge in [-0.3, -0.25) is 0 Å². The van der Waals surface area contributed by atoms with Crippen molar-refractivity contribution >= 4 is 0 Å². The van der Waals surface area contributed by atoms with E-state index >= 15 is 0 Å². The van der Waals surface area contributed by atoms with Gasteiger partial charge < -0.3 is 14.5 Å². The van der Waals surface area contributed by atoms with Crippen molar-refractivity contribution in [3.8, 4) is 0 Å². The summed E-state index contributed by atoms with van der Waals surface area (Å²) < 4.78 is 11.4. The van der Waals surface area contributed by atoms with Crippen LogP contribution in [0.1, 0.15) is 43.3 Å². The van der Waals surface area contributed by atoms with E-state index < -0.39 is 0 Å². The van der Waals surface area contributed by atoms with Crippen LogP contribution in [-0.4, -0.2) is 6.54 Å². The van der Waals surface area contributed by atoms with Crippen molar-refractivity contribution in [2.75, 3.05) is 6.54 Å². The Labute approximate surface area is 121 Å². The first-order chi connectivity index (χ1) is 9.79. The largest absolute Gasteiger partial charge is 0.467 e. The van der Waals surface area contributed by atoms with Gasteiger partial charge in [-0.1, -0.05) is 37.3 Å². The van der Waals surface area contributed by atoms with Gasteiger partial charge in [0.25, 0.3) is 0 Å². The molecule has 0 saturated carbocycles. The van der Waals surface area contributed by atoms with Gasteiger partial charge in [-0.25, -0.2) is 0 Å². The number of hydrogen-bond donors (Lipinski definition) is 1. The topological polar surface area (TPSA) is 34.4 Å². The second-order valence-corrected chi connectivity index (χ2v) is 4.96. The molecule has 0 bridgehead atoms. The first kappa shape index (κ1) is 14.8. The van der Waals surface area contributed by atoms with Crippen LogP contribution in [-0.2, 0) is 17.9 Å². The molecule has 0 saturated heterocycles. The zero-order valence-corrected chi connectivity index (χ0v) is 12.3. The van der Waals surface area contributed by atoms with Crippen LogP contribution in [0.4, 0.5) is 0 Å². The Hall–Kier alpha value is -1.58. The van der Waals surface area contributed by atoms with Gasteiger partial charge in [-0.2, -0.15) is 0 Å². The molecule has 0 aliphatic heterocycles. The van der Waals surface area contributed by atoms with Crippen LogP contribution in [0.15, 0.2) is 47.1 Å². The quantitative estimate of drug-likeness (QED) is 0.737. The molecule has 1 aromatic heterocycles. The molecule has 2 rings (SSSR count). The van der Waals surface area contributed by atoms with E-state index in [2.05, 4.69) is 37.4 Å². The molecular formula is C17H23NO2. The van der Waals surface area contributed by atoms with Crippen LogP contribution in [0.25, 0.3) is 0 Å². The number of rotatable bonds is 8. The lowest BCUT2D eigenvalue weighted by Crippen LogP contribution is -2.13. The number of furan rings is 1. The van der Waals surface area contributed by atoms with Gasteiger partial charge in [0.05, 0.1) is 12.4 Å². The Bertz CT molecular complexity index is 493. The van der Waals surface area contributed by atoms with E-state index in [0.29, 0.717) is 6.61 Å². The van der Waals surface area contributed by atoms with E-state index in [1.165, 1.54) is 11.1 Å². The summed E-state index contributed by atoms with van der Waals surface area (Å²) in [6.45, 7) is 6.60. The predicted octanol–water partition coefficient (Wildman–Crippen LogP) is 4.06. The van der Waals surface area contributed by atoms with Crippen LogP contribution in [0.2, 0.25) is 0 Å². The smallest absolute Gasteiger partial charge is 0.129 e. The number of hydrogen-bond acceptors (Lipinski definition) is 3. The maximum Gasteiger partial charge on any atom is 0.129 e. The highest BCUT2D eigenvalue weighted by Crippen LogP contribution is 2.19. The summed E-state index contributed by atoms with van der Waals surface area (Å²) in [5.41, 5.74) is 2.35. The lowest BCUT2D eigenvalue weighted by molar-refractivity contribution is 0.0420. The number of ether oxygens (including phenoxy) is 1. The first-order valence-corrected chi connectivity index (χ1v) is 7.23. The third-order valence-corrected chi connectivity index (χ3v) is 3.21. The van der Waals surface area contributed by atoms with E-state index in [0.717, 1.165) is 25.3 Å². The molecule has 1 N–H and O–H groups in total. The third kappa shape index (κ3) is 4.51. The van der Waals surface area contributed by atoms with E-state index in [4.69, 9.17) is 9.15 Å². The van der Waals surface area contributed by atoms with Crippen molar-refractivity contribution in [3.63, 3.8) is 0 Å². The average Bonchev–Trinajstić information content (AvgIpc) is 2.94. The SMILES string of the molecule is CCCNCc1coc(COC(C)c2ccccc2)c1. The lowest BCUT2D eigenvalue weighted by atomic mass is 10.1. The van der Waals surface area contributed by atoms with Crippen molar-refractivity contribution in [2.45, 2.75) is 39.5 Å². The zero-order valence-electron chi connectivity index (χ0n) is 12.3. The van der Waals surface area contributed by atoms with Crippen molar-refractivity contribution in [1.29, 1.82) is 0 Å². The predicted molar refractivity (Wildman–Crippen MR) is 80.4 cm³/mol. The molecule has 0 amide bonds. The lowest BCUT2D eigenvalue weighted by Gasteiger charge is -2.11. The summed E-state index contributed by atoms with van der Waals surface area (Å²) >= 11 is 0. The Morgan fingerprint density at radius 1 is 1.25 bits per heavy atom. The molecule has 0 aliphatic rings. The van der Waals surface area contributed by atoms with Gasteiger partial charge in [0.1, 0.15) is 12.4 Å². The van der Waals surface area contributed by atoms with Gasteiger partial charge in [0.15, 0.2) is 0 Å². The Morgan fingerprint density at radius 2 is 2.05 bits per heavy atom. The molecule has 3 heteroatoms. The highest BCUT2D eigenvalue weighted by Gasteiger charge is 2.07. The van der Waals surface area contributed by atoms with Gasteiger partial charge in [0, 0.05) is 12.1 Å². The van der Waals surface area contributed by atoms with Crippen molar-refractivity contribution in [2.24, 2.45) is 0 Å². The number of nitrogens with one attached hydrogen (secondary N) is 1. The Morgan fingerprint density at radius 3 is 2.80 bits per heavy atom. The fraction of sp³-hybridized carbons (Fsp3) is 0.412. The third-order valence-electron chi connectivity index (χ3n) is 3.21. The van der Waals surface area contributed by atoms with Gasteiger partial charge in [-0.05, 0) is 31.5 Å². The zero-order chi connectivity index (χ0) is 14.2. The molecule has 2 aromatic rings. The second-order valence-electron chi connectivity index (χ2n) is 4.96. The highest BCUT2D eigenvalue weighted by molar-refractivity contribution is 5.17. The van der Waals surface area contributed by atoms with Crippen LogP contribution in [0, 0.1) is 0 Å². The minimum absolute atomic E-state index is 0.0722. The van der Waals surface area contributed by atoms with Crippen LogP contribution >= 0.6 is 0 Å². The normalized spacial score (nSPS) is 12.5. The molecular weight excluding hydrogens is 250 g/mol. The van der Waals surface area contributed by atoms with Crippen molar-refractivity contribution in [1.82, 2.24) is 5.32 Å². The van der Waals surface area contributed by atoms with Crippen LogP contribution < -0.4 is 5.32 Å². The van der Waals surface area contributed by atoms with Crippen molar-refractivity contribution in [3.05, 3.63) is 59.5 Å². The van der Waals surface area contributed by atoms with Gasteiger partial charge in [-0.15, -0.1) is 0 Å². The van der Waals surface area contributed by atoms with Gasteiger partial charge in [0.2, 0.25) is 0 Å². The summed E-state index contributed by atoms with van der Waals surface area (Å²) in [4.78, 5) is 0. The standard InChI is InChI=1S/C17H23NO2/c1-3-9-18-11-15-10-17(20-12-15)13-19-14(2)16-7-5-4-6-8-16/h4-8,10,12,14,18H,3,9,11,13H2,1-2H3. The van der Waals surface area contributed by atoms with Crippen molar-refractivity contribution < 1.29 is 9.15 Å². The minimum Gasteiger partial charge on any atom is -0.467 e. The van der Waals surface area contributed by atoms with Gasteiger partial charge >= 0.3 is 0 Å². The summed E-state index contributed by atoms with van der Waals surface area (Å²) in [5, 5.41) is 3.35. The molecule has 1 heterocycles. The highest BCUT2D eigenvalue weighted by atomic mass is 16.5. The van der Waals surface area contributed by atoms with E-state index in [1.807, 2.05) is 18.2 Å². The molecule has 108 valence electrons. The summed E-state index contributed by atoms with van der Waals surface area (Å²) in [7, 11) is 0. The molecule has 0 fully saturated rings. The summed E-state index contributed by atoms with van der Waals surface area (Å²) in [6, 6.07) is 12.3. The molecule has 1 aromatic carbocycles. The van der Waals surface area contributed by atoms with E-state index in [-0.39, 0.29) is 6.10 Å². The molecule has 1 unspecified atom stereocenters. The first-order valence-electron chi connectivity index (χ1n) is 7.23. The van der Waals surface area contributed by atoms with E-state index in [9.17, 15) is 0 Å². The fourth-order valence-corrected chi connectivity index (χ4v) is 2.03. The maximum absolute atomic E-state index is 5.84. The van der Waals surface area contributed by atoms with Crippen LogP contribution in [0.5, 0.6) is 0 Å². The van der Waals surface area contributed by atoms with E-state index in [1.54, 1.807) is 6.26 Å². The second kappa shape index (κ2) is 7.88. The molecule has 1 atom stereocenters. The van der Waals surface area contributed by atoms with Crippen LogP contribution in [0.3, 0.4) is 0 Å². The molecule has 0 aliphatic carbocycles. The average molecular weight is 273 g/mol. The minimum atomic E-state index is 0.0722. The molecule has 0 radical (unpaired) electrons. The fourth-order valence-electron chi connectivity index (χ4n) is 2.03.